The van der Waals surface area contributed by atoms with Gasteiger partial charge in [0.1, 0.15) is 0 Å². The number of hydrogen-bond donors (Lipinski definition) is 6. The minimum atomic E-state index is -4.64. The van der Waals surface area contributed by atoms with Crippen molar-refractivity contribution in [1.29, 1.82) is 0 Å². The summed E-state index contributed by atoms with van der Waals surface area (Å²) in [7, 11) is -9.28. The quantitative estimate of drug-likeness (QED) is 0.0628. The van der Waals surface area contributed by atoms with Crippen LogP contribution in [0.15, 0.2) is 0 Å². The Morgan fingerprint density at radius 1 is 0.559 bits per heavy atom. The molecule has 0 bridgehead atoms. The number of hydrogen-bond acceptors (Lipinski definition) is 3. The van der Waals surface area contributed by atoms with Crippen LogP contribution < -0.4 is 0 Å². The van der Waals surface area contributed by atoms with Gasteiger partial charge in [-0.1, -0.05) is 122 Å². The van der Waals surface area contributed by atoms with Gasteiger partial charge in [0, 0.05) is 0 Å². The Balaban J connectivity index is 0. The fourth-order valence-corrected chi connectivity index (χ4v) is 3.67. The van der Waals surface area contributed by atoms with Crippen LogP contribution >= 0.6 is 15.6 Å². The summed E-state index contributed by atoms with van der Waals surface area (Å²) in [6.07, 6.45) is 27.5. The van der Waals surface area contributed by atoms with E-state index in [4.69, 9.17) is 43.2 Å². The van der Waals surface area contributed by atoms with Crippen LogP contribution in [-0.4, -0.2) is 41.6 Å². The third-order valence-electron chi connectivity index (χ3n) is 5.70. The van der Waals surface area contributed by atoms with Crippen LogP contribution in [-0.2, 0) is 13.9 Å². The highest BCUT2D eigenvalue weighted by Crippen LogP contribution is 2.32. The molecule has 0 aliphatic carbocycles. The van der Waals surface area contributed by atoms with Gasteiger partial charge in [-0.25, -0.2) is 9.13 Å². The third kappa shape index (κ3) is 45.6. The summed E-state index contributed by atoms with van der Waals surface area (Å²) >= 11 is 0. The maximum absolute atomic E-state index is 8.88. The van der Waals surface area contributed by atoms with E-state index in [1.54, 1.807) is 0 Å². The minimum absolute atomic E-state index is 0.287. The Labute approximate surface area is 207 Å². The van der Waals surface area contributed by atoms with Gasteiger partial charge < -0.3 is 34.1 Å². The molecular formula is C23H52O9P2. The molecule has 0 radical (unpaired) electrons. The van der Waals surface area contributed by atoms with E-state index < -0.39 is 15.6 Å². The highest BCUT2D eigenvalue weighted by Gasteiger charge is 2.37. The molecular weight excluding hydrogens is 482 g/mol. The topological polar surface area (TPSA) is 168 Å². The van der Waals surface area contributed by atoms with E-state index in [1.165, 1.54) is 122 Å². The second-order valence-corrected chi connectivity index (χ2v) is 11.6. The molecule has 1 aliphatic heterocycles. The first-order chi connectivity index (χ1) is 15.8. The van der Waals surface area contributed by atoms with Crippen LogP contribution in [0.4, 0.5) is 0 Å². The normalized spacial score (nSPS) is 17.4. The van der Waals surface area contributed by atoms with Crippen LogP contribution in [0.5, 0.6) is 0 Å². The van der Waals surface area contributed by atoms with Crippen molar-refractivity contribution in [2.45, 2.75) is 141 Å². The first-order valence-electron chi connectivity index (χ1n) is 13.0. The van der Waals surface area contributed by atoms with E-state index in [2.05, 4.69) is 13.8 Å². The largest absolute Gasteiger partial charge is 0.466 e. The molecule has 9 nitrogen and oxygen atoms in total. The van der Waals surface area contributed by atoms with Crippen LogP contribution in [0.25, 0.3) is 0 Å². The molecule has 0 aromatic rings. The number of rotatable bonds is 19. The molecule has 34 heavy (non-hydrogen) atoms. The SMILES string of the molecule is CCCCCCCCCCCCCCCCCCCCC1(C)CO1.O=P(O)(O)O.O=P(O)(O)O. The summed E-state index contributed by atoms with van der Waals surface area (Å²) in [6.45, 7) is 5.55. The zero-order valence-corrected chi connectivity index (χ0v) is 23.2. The van der Waals surface area contributed by atoms with Gasteiger partial charge in [0.05, 0.1) is 12.2 Å². The molecule has 1 atom stereocenters. The van der Waals surface area contributed by atoms with E-state index in [0.717, 1.165) is 6.61 Å². The van der Waals surface area contributed by atoms with Gasteiger partial charge in [0.25, 0.3) is 0 Å². The fourth-order valence-electron chi connectivity index (χ4n) is 3.67. The number of phosphoric acid groups is 2. The molecule has 0 aromatic heterocycles. The molecule has 1 rings (SSSR count). The van der Waals surface area contributed by atoms with Crippen LogP contribution in [0.3, 0.4) is 0 Å². The molecule has 1 unspecified atom stereocenters. The molecule has 1 fully saturated rings. The van der Waals surface area contributed by atoms with Crippen molar-refractivity contribution in [2.24, 2.45) is 0 Å². The Morgan fingerprint density at radius 2 is 0.765 bits per heavy atom. The maximum atomic E-state index is 8.88. The summed E-state index contributed by atoms with van der Waals surface area (Å²) in [4.78, 5) is 43.1. The summed E-state index contributed by atoms with van der Waals surface area (Å²) in [6, 6.07) is 0. The first-order valence-corrected chi connectivity index (χ1v) is 16.1. The monoisotopic (exact) mass is 534 g/mol. The highest BCUT2D eigenvalue weighted by atomic mass is 31.2. The molecule has 208 valence electrons. The van der Waals surface area contributed by atoms with Gasteiger partial charge in [-0.15, -0.1) is 0 Å². The number of ether oxygens (including phenoxy) is 1. The lowest BCUT2D eigenvalue weighted by molar-refractivity contribution is 0.272. The summed E-state index contributed by atoms with van der Waals surface area (Å²) in [5.74, 6) is 0. The predicted octanol–water partition coefficient (Wildman–Crippen LogP) is 6.35. The molecule has 0 amide bonds. The molecule has 1 aliphatic rings. The molecule has 1 heterocycles. The summed E-state index contributed by atoms with van der Waals surface area (Å²) in [5, 5.41) is 0. The second kappa shape index (κ2) is 22.4. The van der Waals surface area contributed by atoms with Crippen LogP contribution in [0.2, 0.25) is 0 Å². The van der Waals surface area contributed by atoms with Gasteiger partial charge >= 0.3 is 15.6 Å². The second-order valence-electron chi connectivity index (χ2n) is 9.53. The van der Waals surface area contributed by atoms with Crippen LogP contribution in [0.1, 0.15) is 136 Å². The van der Waals surface area contributed by atoms with E-state index >= 15 is 0 Å². The predicted molar refractivity (Wildman–Crippen MR) is 136 cm³/mol. The Kier molecular flexibility index (Phi) is 23.9. The third-order valence-corrected chi connectivity index (χ3v) is 5.70. The lowest BCUT2D eigenvalue weighted by atomic mass is 10.0. The van der Waals surface area contributed by atoms with E-state index in [9.17, 15) is 0 Å². The summed E-state index contributed by atoms with van der Waals surface area (Å²) in [5.41, 5.74) is 0.287. The standard InChI is InChI=1S/C23H46O.2H3O4P/c1-3-4-5-6-7-8-9-10-11-12-13-14-15-16-17-18-19-20-21-23(2)22-24-23;2*1-5(2,3)4/h3-22H2,1-2H3;2*(H3,1,2,3,4). The van der Waals surface area contributed by atoms with Gasteiger partial charge in [0.15, 0.2) is 0 Å². The smallest absolute Gasteiger partial charge is 0.370 e. The molecule has 0 saturated carbocycles. The number of epoxide rings is 1. The number of unbranched alkanes of at least 4 members (excludes halogenated alkanes) is 17. The molecule has 0 aromatic carbocycles. The Hall–Kier alpha value is 0.180. The average Bonchev–Trinajstić information content (AvgIpc) is 3.42. The van der Waals surface area contributed by atoms with E-state index in [0.29, 0.717) is 0 Å². The zero-order valence-electron chi connectivity index (χ0n) is 21.4. The summed E-state index contributed by atoms with van der Waals surface area (Å²) < 4.78 is 23.2. The Morgan fingerprint density at radius 3 is 0.971 bits per heavy atom. The van der Waals surface area contributed by atoms with Crippen molar-refractivity contribution in [3.05, 3.63) is 0 Å². The average molecular weight is 535 g/mol. The van der Waals surface area contributed by atoms with Crippen molar-refractivity contribution < 1.29 is 43.2 Å². The highest BCUT2D eigenvalue weighted by molar-refractivity contribution is 7.45. The van der Waals surface area contributed by atoms with Crippen molar-refractivity contribution in [3.63, 3.8) is 0 Å². The van der Waals surface area contributed by atoms with Gasteiger partial charge in [-0.2, -0.15) is 0 Å². The van der Waals surface area contributed by atoms with E-state index in [1.807, 2.05) is 0 Å². The van der Waals surface area contributed by atoms with Crippen molar-refractivity contribution in [2.75, 3.05) is 6.61 Å². The zero-order chi connectivity index (χ0) is 26.3. The van der Waals surface area contributed by atoms with Crippen molar-refractivity contribution >= 4 is 15.6 Å². The lowest BCUT2D eigenvalue weighted by Crippen LogP contribution is -2.02. The molecule has 11 heteroatoms. The first kappa shape index (κ1) is 36.3. The lowest BCUT2D eigenvalue weighted by Gasteiger charge is -2.05. The van der Waals surface area contributed by atoms with Gasteiger partial charge in [0.2, 0.25) is 0 Å². The van der Waals surface area contributed by atoms with E-state index in [-0.39, 0.29) is 5.60 Å². The fraction of sp³-hybridized carbons (Fsp3) is 1.00. The van der Waals surface area contributed by atoms with Crippen molar-refractivity contribution in [1.82, 2.24) is 0 Å². The maximum Gasteiger partial charge on any atom is 0.466 e. The minimum Gasteiger partial charge on any atom is -0.370 e. The molecule has 1 saturated heterocycles. The van der Waals surface area contributed by atoms with Gasteiger partial charge in [-0.05, 0) is 13.3 Å². The Bertz CT molecular complexity index is 494. The van der Waals surface area contributed by atoms with Crippen molar-refractivity contribution in [3.8, 4) is 0 Å². The molecule has 6 N–H and O–H groups in total. The molecule has 0 spiro atoms. The van der Waals surface area contributed by atoms with Crippen LogP contribution in [0, 0.1) is 0 Å². The van der Waals surface area contributed by atoms with Gasteiger partial charge in [-0.3, -0.25) is 0 Å².